The van der Waals surface area contributed by atoms with Gasteiger partial charge >= 0.3 is 6.03 Å². The molecular weight excluding hydrogens is 338 g/mol. The Kier molecular flexibility index (Phi) is 5.47. The number of thiazole rings is 1. The van der Waals surface area contributed by atoms with E-state index in [1.54, 1.807) is 43.4 Å². The molecule has 0 radical (unpaired) electrons. The van der Waals surface area contributed by atoms with Gasteiger partial charge in [-0.25, -0.2) is 9.78 Å². The Hall–Kier alpha value is -2.64. The van der Waals surface area contributed by atoms with Gasteiger partial charge in [0.15, 0.2) is 5.13 Å². The van der Waals surface area contributed by atoms with E-state index < -0.39 is 0 Å². The molecule has 6 nitrogen and oxygen atoms in total. The van der Waals surface area contributed by atoms with Gasteiger partial charge < -0.3 is 14.8 Å². The van der Waals surface area contributed by atoms with Crippen LogP contribution < -0.4 is 15.0 Å². The molecule has 130 valence electrons. The first kappa shape index (κ1) is 17.2. The average molecular weight is 357 g/mol. The van der Waals surface area contributed by atoms with E-state index in [-0.39, 0.29) is 6.03 Å². The first-order valence-electron chi connectivity index (χ1n) is 7.78. The maximum atomic E-state index is 12.7. The summed E-state index contributed by atoms with van der Waals surface area (Å²) in [7, 11) is 3.21. The summed E-state index contributed by atoms with van der Waals surface area (Å²) in [6.07, 6.45) is 0. The number of amides is 2. The fourth-order valence-corrected chi connectivity index (χ4v) is 3.30. The minimum absolute atomic E-state index is 0.249. The molecule has 25 heavy (non-hydrogen) atoms. The van der Waals surface area contributed by atoms with Crippen molar-refractivity contribution in [1.29, 1.82) is 0 Å². The van der Waals surface area contributed by atoms with Gasteiger partial charge in [-0.15, -0.1) is 0 Å². The van der Waals surface area contributed by atoms with Crippen molar-refractivity contribution < 1.29 is 14.3 Å². The lowest BCUT2D eigenvalue weighted by Crippen LogP contribution is -2.37. The number of nitrogens with one attached hydrogen (secondary N) is 1. The van der Waals surface area contributed by atoms with Crippen LogP contribution in [0, 0.1) is 0 Å². The molecule has 0 unspecified atom stereocenters. The molecule has 0 aliphatic heterocycles. The summed E-state index contributed by atoms with van der Waals surface area (Å²) in [5.74, 6) is 0.736. The zero-order valence-corrected chi connectivity index (χ0v) is 14.9. The third-order valence-corrected chi connectivity index (χ3v) is 4.68. The number of nitrogens with zero attached hydrogens (tertiary/aromatic N) is 2. The van der Waals surface area contributed by atoms with Crippen LogP contribution in [-0.2, 0) is 4.74 Å². The third kappa shape index (κ3) is 4.07. The molecule has 3 aromatic rings. The predicted octanol–water partition coefficient (Wildman–Crippen LogP) is 3.99. The van der Waals surface area contributed by atoms with Crippen LogP contribution in [0.2, 0.25) is 0 Å². The maximum absolute atomic E-state index is 12.7. The SMILES string of the molecule is COCCN(C(=O)Nc1ccc(OC)cc1)c1nc2ccccc2s1. The maximum Gasteiger partial charge on any atom is 0.328 e. The molecule has 0 saturated heterocycles. The minimum atomic E-state index is -0.249. The number of anilines is 2. The van der Waals surface area contributed by atoms with Crippen LogP contribution in [0.3, 0.4) is 0 Å². The monoisotopic (exact) mass is 357 g/mol. The van der Waals surface area contributed by atoms with Crippen molar-refractivity contribution >= 4 is 38.4 Å². The number of rotatable bonds is 6. The van der Waals surface area contributed by atoms with Gasteiger partial charge in [-0.2, -0.15) is 0 Å². The van der Waals surface area contributed by atoms with E-state index in [2.05, 4.69) is 10.3 Å². The molecule has 2 amide bonds. The van der Waals surface area contributed by atoms with Crippen molar-refractivity contribution in [2.45, 2.75) is 0 Å². The molecule has 7 heteroatoms. The molecule has 1 aromatic heterocycles. The molecular formula is C18H19N3O3S. The van der Waals surface area contributed by atoms with E-state index >= 15 is 0 Å². The summed E-state index contributed by atoms with van der Waals surface area (Å²) in [4.78, 5) is 18.9. The highest BCUT2D eigenvalue weighted by atomic mass is 32.1. The first-order chi connectivity index (χ1) is 12.2. The number of fused-ring (bicyclic) bond motifs is 1. The zero-order chi connectivity index (χ0) is 17.6. The third-order valence-electron chi connectivity index (χ3n) is 3.62. The fourth-order valence-electron chi connectivity index (χ4n) is 2.31. The van der Waals surface area contributed by atoms with Crippen LogP contribution in [-0.4, -0.2) is 38.4 Å². The Morgan fingerprint density at radius 1 is 1.16 bits per heavy atom. The van der Waals surface area contributed by atoms with E-state index in [0.29, 0.717) is 24.0 Å². The predicted molar refractivity (Wildman–Crippen MR) is 101 cm³/mol. The highest BCUT2D eigenvalue weighted by Gasteiger charge is 2.19. The number of hydrogen-bond acceptors (Lipinski definition) is 5. The lowest BCUT2D eigenvalue weighted by Gasteiger charge is -2.20. The number of benzene rings is 2. The zero-order valence-electron chi connectivity index (χ0n) is 14.1. The van der Waals surface area contributed by atoms with E-state index in [9.17, 15) is 4.79 Å². The van der Waals surface area contributed by atoms with Crippen molar-refractivity contribution in [2.75, 3.05) is 37.6 Å². The highest BCUT2D eigenvalue weighted by molar-refractivity contribution is 7.22. The number of carbonyl (C=O) groups excluding carboxylic acids is 1. The van der Waals surface area contributed by atoms with Gasteiger partial charge in [0.25, 0.3) is 0 Å². The summed E-state index contributed by atoms with van der Waals surface area (Å²) in [5.41, 5.74) is 1.57. The summed E-state index contributed by atoms with van der Waals surface area (Å²) in [6.45, 7) is 0.838. The Labute approximate surface area is 150 Å². The number of aromatic nitrogens is 1. The minimum Gasteiger partial charge on any atom is -0.497 e. The fraction of sp³-hybridized carbons (Fsp3) is 0.222. The molecule has 0 aliphatic rings. The lowest BCUT2D eigenvalue weighted by atomic mass is 10.3. The van der Waals surface area contributed by atoms with Crippen molar-refractivity contribution in [3.05, 3.63) is 48.5 Å². The Bertz CT molecular complexity index is 815. The average Bonchev–Trinajstić information content (AvgIpc) is 3.06. The summed E-state index contributed by atoms with van der Waals surface area (Å²) in [6, 6.07) is 14.8. The van der Waals surface area contributed by atoms with Gasteiger partial charge in [0.2, 0.25) is 0 Å². The number of methoxy groups -OCH3 is 2. The van der Waals surface area contributed by atoms with Crippen molar-refractivity contribution in [1.82, 2.24) is 4.98 Å². The number of carbonyl (C=O) groups is 1. The normalized spacial score (nSPS) is 10.6. The van der Waals surface area contributed by atoms with Crippen molar-refractivity contribution in [3.8, 4) is 5.75 Å². The van der Waals surface area contributed by atoms with Gasteiger partial charge in [-0.05, 0) is 36.4 Å². The van der Waals surface area contributed by atoms with Crippen LogP contribution in [0.25, 0.3) is 10.2 Å². The largest absolute Gasteiger partial charge is 0.497 e. The molecule has 0 aliphatic carbocycles. The highest BCUT2D eigenvalue weighted by Crippen LogP contribution is 2.29. The molecule has 1 heterocycles. The van der Waals surface area contributed by atoms with Gasteiger partial charge in [-0.3, -0.25) is 4.90 Å². The number of hydrogen-bond donors (Lipinski definition) is 1. The smallest absolute Gasteiger partial charge is 0.328 e. The number of para-hydroxylation sites is 1. The van der Waals surface area contributed by atoms with E-state index in [4.69, 9.17) is 9.47 Å². The second-order valence-electron chi connectivity index (χ2n) is 5.27. The van der Waals surface area contributed by atoms with Gasteiger partial charge in [-0.1, -0.05) is 23.5 Å². The lowest BCUT2D eigenvalue weighted by molar-refractivity contribution is 0.204. The second kappa shape index (κ2) is 7.96. The van der Waals surface area contributed by atoms with Crippen molar-refractivity contribution in [2.24, 2.45) is 0 Å². The van der Waals surface area contributed by atoms with Crippen LogP contribution in [0.4, 0.5) is 15.6 Å². The quantitative estimate of drug-likeness (QED) is 0.724. The van der Waals surface area contributed by atoms with E-state index in [1.807, 2.05) is 24.3 Å². The first-order valence-corrected chi connectivity index (χ1v) is 8.60. The van der Waals surface area contributed by atoms with Crippen LogP contribution >= 0.6 is 11.3 Å². The molecule has 0 saturated carbocycles. The molecule has 3 rings (SSSR count). The van der Waals surface area contributed by atoms with Crippen LogP contribution in [0.1, 0.15) is 0 Å². The number of urea groups is 1. The molecule has 0 atom stereocenters. The molecule has 1 N–H and O–H groups in total. The van der Waals surface area contributed by atoms with Crippen molar-refractivity contribution in [3.63, 3.8) is 0 Å². The van der Waals surface area contributed by atoms with E-state index in [1.165, 1.54) is 11.3 Å². The van der Waals surface area contributed by atoms with E-state index in [0.717, 1.165) is 16.0 Å². The molecule has 0 spiro atoms. The molecule has 2 aromatic carbocycles. The molecule has 0 bridgehead atoms. The second-order valence-corrected chi connectivity index (χ2v) is 6.28. The molecule has 0 fully saturated rings. The Morgan fingerprint density at radius 2 is 1.92 bits per heavy atom. The van der Waals surface area contributed by atoms with Crippen LogP contribution in [0.5, 0.6) is 5.75 Å². The standard InChI is InChI=1S/C18H19N3O3S/c1-23-12-11-21(18-20-15-5-3-4-6-16(15)25-18)17(22)19-13-7-9-14(24-2)10-8-13/h3-10H,11-12H2,1-2H3,(H,19,22). The van der Waals surface area contributed by atoms with Crippen LogP contribution in [0.15, 0.2) is 48.5 Å². The Morgan fingerprint density at radius 3 is 2.60 bits per heavy atom. The summed E-state index contributed by atoms with van der Waals surface area (Å²) >= 11 is 1.48. The number of ether oxygens (including phenoxy) is 2. The Balaban J connectivity index is 1.82. The van der Waals surface area contributed by atoms with Gasteiger partial charge in [0, 0.05) is 12.8 Å². The topological polar surface area (TPSA) is 63.7 Å². The van der Waals surface area contributed by atoms with Gasteiger partial charge in [0.1, 0.15) is 5.75 Å². The van der Waals surface area contributed by atoms with Gasteiger partial charge in [0.05, 0.1) is 30.5 Å². The summed E-state index contributed by atoms with van der Waals surface area (Å²) in [5, 5.41) is 3.53. The summed E-state index contributed by atoms with van der Waals surface area (Å²) < 4.78 is 11.3.